The van der Waals surface area contributed by atoms with Gasteiger partial charge in [0.2, 0.25) is 0 Å². The summed E-state index contributed by atoms with van der Waals surface area (Å²) in [5.74, 6) is -0.0320. The Balaban J connectivity index is 3.02. The molecule has 76 valence electrons. The highest BCUT2D eigenvalue weighted by atomic mass is 79.9. The summed E-state index contributed by atoms with van der Waals surface area (Å²) in [5, 5.41) is -0.540. The topological polar surface area (TPSA) is 17.1 Å². The summed E-state index contributed by atoms with van der Waals surface area (Å²) in [6, 6.07) is 5.74. The maximum atomic E-state index is 11.1. The van der Waals surface area contributed by atoms with Gasteiger partial charge in [0, 0.05) is 9.37 Å². The quantitative estimate of drug-likeness (QED) is 0.618. The van der Waals surface area contributed by atoms with Crippen molar-refractivity contribution in [2.75, 3.05) is 6.26 Å². The highest BCUT2D eigenvalue weighted by Gasteiger charge is 2.13. The van der Waals surface area contributed by atoms with Crippen molar-refractivity contribution in [3.8, 4) is 0 Å². The van der Waals surface area contributed by atoms with Gasteiger partial charge in [0.25, 0.3) is 0 Å². The molecule has 0 amide bonds. The highest BCUT2D eigenvalue weighted by molar-refractivity contribution is 9.10. The van der Waals surface area contributed by atoms with Gasteiger partial charge in [-0.2, -0.15) is 0 Å². The number of hydrogen-bond acceptors (Lipinski definition) is 2. The Hall–Kier alpha value is 0.01000. The minimum Gasteiger partial charge on any atom is -0.298 e. The zero-order valence-corrected chi connectivity index (χ0v) is 11.0. The zero-order chi connectivity index (χ0) is 10.7. The molecule has 0 saturated heterocycles. The van der Waals surface area contributed by atoms with Gasteiger partial charge in [-0.05, 0) is 46.8 Å². The smallest absolute Gasteiger partial charge is 0.152 e. The lowest BCUT2D eigenvalue weighted by Crippen LogP contribution is -2.01. The molecule has 1 nitrogen and oxygen atoms in total. The van der Waals surface area contributed by atoms with Crippen LogP contribution in [0.2, 0.25) is 0 Å². The van der Waals surface area contributed by atoms with E-state index in [1.165, 1.54) is 6.92 Å². The predicted molar refractivity (Wildman–Crippen MR) is 65.2 cm³/mol. The fourth-order valence-electron chi connectivity index (χ4n) is 1.07. The Kier molecular flexibility index (Phi) is 4.48. The third-order valence-corrected chi connectivity index (χ3v) is 4.10. The molecule has 1 aromatic rings. The average molecular weight is 294 g/mol. The van der Waals surface area contributed by atoms with Crippen molar-refractivity contribution in [2.24, 2.45) is 0 Å². The van der Waals surface area contributed by atoms with Crippen LogP contribution in [0.1, 0.15) is 17.9 Å². The van der Waals surface area contributed by atoms with Crippen molar-refractivity contribution in [2.45, 2.75) is 17.2 Å². The second kappa shape index (κ2) is 5.19. The van der Waals surface area contributed by atoms with Crippen LogP contribution in [0, 0.1) is 0 Å². The van der Waals surface area contributed by atoms with Crippen LogP contribution >= 0.6 is 39.3 Å². The first-order valence-electron chi connectivity index (χ1n) is 4.04. The molecule has 0 N–H and O–H groups in total. The fraction of sp³-hybridized carbons (Fsp3) is 0.300. The first kappa shape index (κ1) is 12.1. The molecule has 0 spiro atoms. The number of rotatable bonds is 3. The van der Waals surface area contributed by atoms with E-state index >= 15 is 0 Å². The van der Waals surface area contributed by atoms with E-state index in [9.17, 15) is 4.79 Å². The van der Waals surface area contributed by atoms with E-state index in [-0.39, 0.29) is 5.78 Å². The minimum absolute atomic E-state index is 0.0320. The van der Waals surface area contributed by atoms with Crippen molar-refractivity contribution in [3.05, 3.63) is 28.2 Å². The molecule has 4 heteroatoms. The number of halogens is 2. The lowest BCUT2D eigenvalue weighted by molar-refractivity contribution is -0.116. The zero-order valence-electron chi connectivity index (χ0n) is 7.88. The van der Waals surface area contributed by atoms with Gasteiger partial charge in [0.05, 0.1) is 0 Å². The average Bonchev–Trinajstić information content (AvgIpc) is 2.16. The van der Waals surface area contributed by atoms with Crippen LogP contribution in [-0.2, 0) is 4.79 Å². The molecule has 1 aromatic carbocycles. The summed E-state index contributed by atoms with van der Waals surface area (Å²) in [4.78, 5) is 12.2. The number of benzene rings is 1. The summed E-state index contributed by atoms with van der Waals surface area (Å²) in [5.41, 5.74) is 0.837. The monoisotopic (exact) mass is 292 g/mol. The van der Waals surface area contributed by atoms with E-state index in [1.54, 1.807) is 11.8 Å². The molecule has 0 bridgehead atoms. The number of ketones is 1. The van der Waals surface area contributed by atoms with Gasteiger partial charge in [0.15, 0.2) is 5.78 Å². The lowest BCUT2D eigenvalue weighted by atomic mass is 10.1. The molecule has 0 aliphatic carbocycles. The number of carbonyl (C=O) groups is 1. The number of hydrogen-bond donors (Lipinski definition) is 0. The van der Waals surface area contributed by atoms with Gasteiger partial charge >= 0.3 is 0 Å². The molecular weight excluding hydrogens is 284 g/mol. The summed E-state index contributed by atoms with van der Waals surface area (Å²) in [6.07, 6.45) is 2.00. The molecule has 0 aromatic heterocycles. The molecule has 0 aliphatic rings. The van der Waals surface area contributed by atoms with Crippen molar-refractivity contribution < 1.29 is 4.79 Å². The summed E-state index contributed by atoms with van der Waals surface area (Å²) in [6.45, 7) is 1.49. The van der Waals surface area contributed by atoms with Crippen molar-refractivity contribution >= 4 is 45.1 Å². The van der Waals surface area contributed by atoms with Gasteiger partial charge in [-0.25, -0.2) is 0 Å². The molecule has 1 unspecified atom stereocenters. The Morgan fingerprint density at radius 3 is 2.64 bits per heavy atom. The van der Waals surface area contributed by atoms with Crippen LogP contribution in [0.4, 0.5) is 0 Å². The Morgan fingerprint density at radius 1 is 1.57 bits per heavy atom. The maximum absolute atomic E-state index is 11.1. The van der Waals surface area contributed by atoms with Gasteiger partial charge in [-0.1, -0.05) is 6.07 Å². The van der Waals surface area contributed by atoms with Gasteiger partial charge in [-0.15, -0.1) is 23.4 Å². The molecule has 0 saturated carbocycles. The Bertz CT molecular complexity index is 354. The molecule has 0 aliphatic heterocycles. The normalized spacial score (nSPS) is 12.6. The molecule has 1 atom stereocenters. The van der Waals surface area contributed by atoms with Gasteiger partial charge in [-0.3, -0.25) is 4.79 Å². The maximum Gasteiger partial charge on any atom is 0.152 e. The summed E-state index contributed by atoms with van der Waals surface area (Å²) >= 11 is 11.0. The van der Waals surface area contributed by atoms with Crippen molar-refractivity contribution in [1.29, 1.82) is 0 Å². The van der Waals surface area contributed by atoms with E-state index in [4.69, 9.17) is 11.6 Å². The highest BCUT2D eigenvalue weighted by Crippen LogP contribution is 2.30. The Morgan fingerprint density at radius 2 is 2.21 bits per heavy atom. The van der Waals surface area contributed by atoms with Crippen LogP contribution in [0.3, 0.4) is 0 Å². The van der Waals surface area contributed by atoms with E-state index in [1.807, 2.05) is 24.5 Å². The first-order chi connectivity index (χ1) is 6.56. The van der Waals surface area contributed by atoms with E-state index in [0.717, 1.165) is 14.9 Å². The number of thioether (sulfide) groups is 1. The van der Waals surface area contributed by atoms with Crippen molar-refractivity contribution in [3.63, 3.8) is 0 Å². The first-order valence-corrected chi connectivity index (χ1v) is 6.49. The molecule has 0 radical (unpaired) electrons. The summed E-state index contributed by atoms with van der Waals surface area (Å²) in [7, 11) is 0. The van der Waals surface area contributed by atoms with Gasteiger partial charge in [0.1, 0.15) is 5.38 Å². The molecule has 1 rings (SSSR count). The van der Waals surface area contributed by atoms with E-state index < -0.39 is 5.38 Å². The third kappa shape index (κ3) is 2.75. The molecule has 14 heavy (non-hydrogen) atoms. The second-order valence-electron chi connectivity index (χ2n) is 2.87. The third-order valence-electron chi connectivity index (χ3n) is 1.83. The number of carbonyl (C=O) groups excluding carboxylic acids is 1. The standard InChI is InChI=1S/C10H10BrClOS/c1-6(13)10(12)7-3-4-9(14-2)8(11)5-7/h3-5,10H,1-2H3. The van der Waals surface area contributed by atoms with Crippen LogP contribution in [0.5, 0.6) is 0 Å². The fourth-order valence-corrected chi connectivity index (χ4v) is 2.55. The summed E-state index contributed by atoms with van der Waals surface area (Å²) < 4.78 is 0.981. The largest absolute Gasteiger partial charge is 0.298 e. The van der Waals surface area contributed by atoms with Crippen LogP contribution in [0.25, 0.3) is 0 Å². The van der Waals surface area contributed by atoms with E-state index in [0.29, 0.717) is 0 Å². The number of alkyl halides is 1. The Labute approximate surface area is 101 Å². The van der Waals surface area contributed by atoms with Crippen LogP contribution < -0.4 is 0 Å². The van der Waals surface area contributed by atoms with Gasteiger partial charge < -0.3 is 0 Å². The second-order valence-corrected chi connectivity index (χ2v) is 5.01. The van der Waals surface area contributed by atoms with Crippen molar-refractivity contribution in [1.82, 2.24) is 0 Å². The van der Waals surface area contributed by atoms with Crippen LogP contribution in [0.15, 0.2) is 27.6 Å². The lowest BCUT2D eigenvalue weighted by Gasteiger charge is -2.08. The molecular formula is C10H10BrClOS. The van der Waals surface area contributed by atoms with E-state index in [2.05, 4.69) is 15.9 Å². The minimum atomic E-state index is -0.540. The molecule has 0 fully saturated rings. The SMILES string of the molecule is CSc1ccc(C(Cl)C(C)=O)cc1Br. The number of Topliss-reactive ketones (excluding diaryl/α,β-unsaturated/α-hetero) is 1. The predicted octanol–water partition coefficient (Wildman–Crippen LogP) is 4.04. The molecule has 0 heterocycles. The van der Waals surface area contributed by atoms with Crippen LogP contribution in [-0.4, -0.2) is 12.0 Å².